The van der Waals surface area contributed by atoms with E-state index in [4.69, 9.17) is 0 Å². The van der Waals surface area contributed by atoms with Crippen LogP contribution in [-0.4, -0.2) is 20.9 Å². The van der Waals surface area contributed by atoms with E-state index >= 15 is 0 Å². The van der Waals surface area contributed by atoms with Crippen molar-refractivity contribution in [2.45, 2.75) is 31.6 Å². The van der Waals surface area contributed by atoms with Crippen molar-refractivity contribution in [2.75, 3.05) is 16.2 Å². The van der Waals surface area contributed by atoms with Gasteiger partial charge in [-0.2, -0.15) is 0 Å². The number of nitrogens with zero attached hydrogens (tertiary/aromatic N) is 1. The number of nitrogens with one attached hydrogen (secondary N) is 1. The molecule has 0 heterocycles. The predicted molar refractivity (Wildman–Crippen MR) is 129 cm³/mol. The fourth-order valence-corrected chi connectivity index (χ4v) is 4.90. The molecule has 0 aliphatic heterocycles. The van der Waals surface area contributed by atoms with Gasteiger partial charge in [0.05, 0.1) is 10.6 Å². The largest absolute Gasteiger partial charge is 0.324 e. The van der Waals surface area contributed by atoms with Gasteiger partial charge in [-0.05, 0) is 60.9 Å². The molecule has 0 aliphatic rings. The molecule has 0 saturated heterocycles. The zero-order chi connectivity index (χ0) is 22.6. The average molecular weight is 501 g/mol. The Labute approximate surface area is 192 Å². The second-order valence-electron chi connectivity index (χ2n) is 7.63. The zero-order valence-corrected chi connectivity index (χ0v) is 20.1. The van der Waals surface area contributed by atoms with Gasteiger partial charge in [0.15, 0.2) is 0 Å². The summed E-state index contributed by atoms with van der Waals surface area (Å²) in [5, 5.41) is 2.77. The van der Waals surface area contributed by atoms with E-state index in [1.165, 1.54) is 0 Å². The summed E-state index contributed by atoms with van der Waals surface area (Å²) in [5.41, 5.74) is 3.07. The number of benzene rings is 3. The Morgan fingerprint density at radius 3 is 2.23 bits per heavy atom. The van der Waals surface area contributed by atoms with Crippen molar-refractivity contribution in [3.8, 4) is 0 Å². The fourth-order valence-electron chi connectivity index (χ4n) is 3.08. The Balaban J connectivity index is 1.95. The van der Waals surface area contributed by atoms with Gasteiger partial charge < -0.3 is 5.32 Å². The number of carbonyl (C=O) groups excluding carboxylic acids is 1. The first kappa shape index (κ1) is 23.0. The maximum atomic E-state index is 13.4. The van der Waals surface area contributed by atoms with Gasteiger partial charge in [0.2, 0.25) is 5.91 Å². The second kappa shape index (κ2) is 9.66. The number of aryl methyl sites for hydroxylation is 1. The van der Waals surface area contributed by atoms with Crippen LogP contribution in [0.25, 0.3) is 0 Å². The third-order valence-corrected chi connectivity index (χ3v) is 7.13. The van der Waals surface area contributed by atoms with Crippen molar-refractivity contribution in [1.82, 2.24) is 0 Å². The predicted octanol–water partition coefficient (Wildman–Crippen LogP) is 5.71. The van der Waals surface area contributed by atoms with Crippen molar-refractivity contribution >= 4 is 43.2 Å². The molecule has 1 amide bonds. The second-order valence-corrected chi connectivity index (χ2v) is 10.4. The van der Waals surface area contributed by atoms with E-state index in [0.717, 1.165) is 19.9 Å². The summed E-state index contributed by atoms with van der Waals surface area (Å²) in [6.07, 6.45) is 0. The van der Waals surface area contributed by atoms with Crippen molar-refractivity contribution in [3.05, 3.63) is 88.4 Å². The molecule has 3 rings (SSSR count). The molecule has 0 saturated carbocycles. The van der Waals surface area contributed by atoms with E-state index in [1.807, 2.05) is 25.1 Å². The molecule has 0 atom stereocenters. The van der Waals surface area contributed by atoms with Gasteiger partial charge in [-0.1, -0.05) is 65.7 Å². The minimum atomic E-state index is -3.94. The summed E-state index contributed by atoms with van der Waals surface area (Å²) in [6.45, 7) is 5.69. The number of hydrogen-bond acceptors (Lipinski definition) is 3. The minimum Gasteiger partial charge on any atom is -0.324 e. The summed E-state index contributed by atoms with van der Waals surface area (Å²) in [6, 6.07) is 21.0. The van der Waals surface area contributed by atoms with E-state index in [1.54, 1.807) is 54.6 Å². The lowest BCUT2D eigenvalue weighted by Crippen LogP contribution is -2.38. The molecule has 162 valence electrons. The molecular formula is C24H25BrN2O3S. The Bertz CT molecular complexity index is 1160. The summed E-state index contributed by atoms with van der Waals surface area (Å²) >= 11 is 3.37. The highest BCUT2D eigenvalue weighted by atomic mass is 79.9. The van der Waals surface area contributed by atoms with Gasteiger partial charge in [0, 0.05) is 10.2 Å². The molecule has 3 aromatic carbocycles. The molecule has 5 nitrogen and oxygen atoms in total. The first-order valence-corrected chi connectivity index (χ1v) is 12.1. The topological polar surface area (TPSA) is 66.5 Å². The molecular weight excluding hydrogens is 476 g/mol. The van der Waals surface area contributed by atoms with E-state index in [2.05, 4.69) is 35.1 Å². The average Bonchev–Trinajstić information content (AvgIpc) is 2.72. The Morgan fingerprint density at radius 2 is 1.65 bits per heavy atom. The number of rotatable bonds is 7. The van der Waals surface area contributed by atoms with Crippen molar-refractivity contribution in [2.24, 2.45) is 0 Å². The number of carbonyl (C=O) groups is 1. The SMILES string of the molecule is Cc1ccc(S(=O)(=O)N(CC(=O)Nc2cccc(Br)c2)c2ccc(C(C)C)cc2)cc1. The minimum absolute atomic E-state index is 0.140. The summed E-state index contributed by atoms with van der Waals surface area (Å²) in [5.74, 6) is -0.113. The molecule has 0 radical (unpaired) electrons. The number of halogens is 1. The molecule has 0 aromatic heterocycles. The zero-order valence-electron chi connectivity index (χ0n) is 17.7. The van der Waals surface area contributed by atoms with Crippen LogP contribution >= 0.6 is 15.9 Å². The van der Waals surface area contributed by atoms with E-state index < -0.39 is 15.9 Å². The van der Waals surface area contributed by atoms with Crippen molar-refractivity contribution in [3.63, 3.8) is 0 Å². The van der Waals surface area contributed by atoms with Crippen molar-refractivity contribution in [1.29, 1.82) is 0 Å². The van der Waals surface area contributed by atoms with Gasteiger partial charge >= 0.3 is 0 Å². The molecule has 0 spiro atoms. The number of anilines is 2. The lowest BCUT2D eigenvalue weighted by Gasteiger charge is -2.24. The van der Waals surface area contributed by atoms with Gasteiger partial charge in [-0.25, -0.2) is 8.42 Å². The molecule has 0 aliphatic carbocycles. The maximum absolute atomic E-state index is 13.4. The van der Waals surface area contributed by atoms with E-state index in [9.17, 15) is 13.2 Å². The van der Waals surface area contributed by atoms with Crippen molar-refractivity contribution < 1.29 is 13.2 Å². The fraction of sp³-hybridized carbons (Fsp3) is 0.208. The van der Waals surface area contributed by atoms with Crippen LogP contribution in [0.4, 0.5) is 11.4 Å². The van der Waals surface area contributed by atoms with Gasteiger partial charge in [0.1, 0.15) is 6.54 Å². The molecule has 7 heteroatoms. The number of hydrogen-bond donors (Lipinski definition) is 1. The van der Waals surface area contributed by atoms with Gasteiger partial charge in [-0.15, -0.1) is 0 Å². The number of amides is 1. The number of sulfonamides is 1. The normalized spacial score (nSPS) is 11.4. The summed E-state index contributed by atoms with van der Waals surface area (Å²) < 4.78 is 28.9. The first-order chi connectivity index (χ1) is 14.7. The summed E-state index contributed by atoms with van der Waals surface area (Å²) in [7, 11) is -3.94. The molecule has 31 heavy (non-hydrogen) atoms. The monoisotopic (exact) mass is 500 g/mol. The lowest BCUT2D eigenvalue weighted by molar-refractivity contribution is -0.114. The summed E-state index contributed by atoms with van der Waals surface area (Å²) in [4.78, 5) is 12.9. The van der Waals surface area contributed by atoms with Gasteiger partial charge in [0.25, 0.3) is 10.0 Å². The Morgan fingerprint density at radius 1 is 1.00 bits per heavy atom. The van der Waals surface area contributed by atoms with E-state index in [0.29, 0.717) is 17.3 Å². The first-order valence-electron chi connectivity index (χ1n) is 9.91. The highest BCUT2D eigenvalue weighted by Gasteiger charge is 2.27. The van der Waals surface area contributed by atoms with Crippen LogP contribution < -0.4 is 9.62 Å². The molecule has 1 N–H and O–H groups in total. The third-order valence-electron chi connectivity index (χ3n) is 4.85. The molecule has 0 unspecified atom stereocenters. The highest BCUT2D eigenvalue weighted by molar-refractivity contribution is 9.10. The van der Waals surface area contributed by atoms with Gasteiger partial charge in [-0.3, -0.25) is 9.10 Å². The van der Waals surface area contributed by atoms with Crippen LogP contribution in [0.5, 0.6) is 0 Å². The lowest BCUT2D eigenvalue weighted by atomic mass is 10.0. The highest BCUT2D eigenvalue weighted by Crippen LogP contribution is 2.26. The van der Waals surface area contributed by atoms with Crippen LogP contribution in [0.2, 0.25) is 0 Å². The molecule has 3 aromatic rings. The maximum Gasteiger partial charge on any atom is 0.264 e. The van der Waals surface area contributed by atoms with E-state index in [-0.39, 0.29) is 11.4 Å². The van der Waals surface area contributed by atoms with Crippen LogP contribution in [0.3, 0.4) is 0 Å². The van der Waals surface area contributed by atoms with Crippen LogP contribution in [0.1, 0.15) is 30.9 Å². The van der Waals surface area contributed by atoms with Crippen LogP contribution in [0, 0.1) is 6.92 Å². The quantitative estimate of drug-likeness (QED) is 0.451. The Hall–Kier alpha value is -2.64. The standard InChI is InChI=1S/C24H25BrN2O3S/c1-17(2)19-9-11-22(12-10-19)27(31(29,30)23-13-7-18(3)8-14-23)16-24(28)26-21-6-4-5-20(25)15-21/h4-15,17H,16H2,1-3H3,(H,26,28). The van der Waals surface area contributed by atoms with Crippen LogP contribution in [-0.2, 0) is 14.8 Å². The Kier molecular flexibility index (Phi) is 7.18. The smallest absolute Gasteiger partial charge is 0.264 e. The molecule has 0 fully saturated rings. The third kappa shape index (κ3) is 5.74. The molecule has 0 bridgehead atoms. The van der Waals surface area contributed by atoms with Crippen LogP contribution in [0.15, 0.2) is 82.2 Å².